The molecule has 4 aromatic carbocycles. The first-order valence-electron chi connectivity index (χ1n) is 10.1. The summed E-state index contributed by atoms with van der Waals surface area (Å²) in [6.07, 6.45) is 0. The fourth-order valence-corrected chi connectivity index (χ4v) is 5.20. The Hall–Kier alpha value is -3.79. The van der Waals surface area contributed by atoms with Crippen molar-refractivity contribution in [3.63, 3.8) is 0 Å². The largest absolute Gasteiger partial charge is 0.633 e. The van der Waals surface area contributed by atoms with Gasteiger partial charge in [-0.2, -0.15) is 0 Å². The smallest absolute Gasteiger partial charge is 0.521 e. The molecule has 4 aromatic rings. The highest BCUT2D eigenvalue weighted by Crippen LogP contribution is 2.49. The van der Waals surface area contributed by atoms with Crippen molar-refractivity contribution in [3.05, 3.63) is 72.8 Å². The Morgan fingerprint density at radius 2 is 0.900 bits per heavy atom. The molecule has 0 aliphatic carbocycles. The summed E-state index contributed by atoms with van der Waals surface area (Å²) in [5.74, 6) is 3.23. The maximum Gasteiger partial charge on any atom is 0.633 e. The first kappa shape index (κ1) is 15.1. The van der Waals surface area contributed by atoms with E-state index in [0.717, 1.165) is 67.3 Å². The zero-order valence-corrected chi connectivity index (χ0v) is 15.7. The van der Waals surface area contributed by atoms with E-state index in [1.54, 1.807) is 0 Å². The zero-order chi connectivity index (χ0) is 19.4. The molecule has 0 fully saturated rings. The van der Waals surface area contributed by atoms with Gasteiger partial charge in [-0.3, -0.25) is 0 Å². The molecule has 138 valence electrons. The van der Waals surface area contributed by atoms with Gasteiger partial charge < -0.3 is 18.6 Å². The number of hydrogen-bond acceptors (Lipinski definition) is 4. The van der Waals surface area contributed by atoms with Gasteiger partial charge in [0.2, 0.25) is 0 Å². The first-order chi connectivity index (χ1) is 14.9. The fraction of sp³-hybridized carbons (Fsp3) is 0. The molecule has 0 aromatic heterocycles. The van der Waals surface area contributed by atoms with Crippen LogP contribution >= 0.6 is 0 Å². The molecule has 0 spiro atoms. The van der Waals surface area contributed by atoms with E-state index in [9.17, 15) is 0 Å². The minimum absolute atomic E-state index is 0.492. The lowest BCUT2D eigenvalue weighted by molar-refractivity contribution is 0.421. The highest BCUT2D eigenvalue weighted by molar-refractivity contribution is 6.74. The van der Waals surface area contributed by atoms with Gasteiger partial charge in [0.05, 0.1) is 5.56 Å². The standard InChI is InChI=1S/C24H12B2O4/c1-3-8-17-13(6-1)15-12-16-14-7-2-4-9-18(14)28-26-24(16)22-21-19(10-5-11-20(21)30-26)29-25(27-17)23(15)22/h1-12H. The summed E-state index contributed by atoms with van der Waals surface area (Å²) in [6.45, 7) is 0. The van der Waals surface area contributed by atoms with Crippen molar-refractivity contribution in [2.45, 2.75) is 0 Å². The molecule has 4 nitrogen and oxygen atoms in total. The molecule has 6 heteroatoms. The van der Waals surface area contributed by atoms with Crippen molar-refractivity contribution in [1.82, 2.24) is 0 Å². The molecule has 30 heavy (non-hydrogen) atoms. The summed E-state index contributed by atoms with van der Waals surface area (Å²) in [5, 5.41) is 0. The van der Waals surface area contributed by atoms with Crippen molar-refractivity contribution >= 4 is 25.2 Å². The second-order valence-corrected chi connectivity index (χ2v) is 7.93. The van der Waals surface area contributed by atoms with Crippen LogP contribution in [0.3, 0.4) is 0 Å². The summed E-state index contributed by atoms with van der Waals surface area (Å²) in [6, 6.07) is 24.5. The lowest BCUT2D eigenvalue weighted by Crippen LogP contribution is -2.57. The molecule has 8 rings (SSSR count). The zero-order valence-electron chi connectivity index (χ0n) is 15.7. The third kappa shape index (κ3) is 1.68. The van der Waals surface area contributed by atoms with Crippen LogP contribution in [-0.2, 0) is 0 Å². The predicted molar refractivity (Wildman–Crippen MR) is 116 cm³/mol. The van der Waals surface area contributed by atoms with Gasteiger partial charge in [0.25, 0.3) is 0 Å². The fourth-order valence-electron chi connectivity index (χ4n) is 5.20. The van der Waals surface area contributed by atoms with Crippen LogP contribution in [0.4, 0.5) is 0 Å². The summed E-state index contributed by atoms with van der Waals surface area (Å²) >= 11 is 0. The minimum atomic E-state index is -0.492. The van der Waals surface area contributed by atoms with E-state index in [4.69, 9.17) is 18.6 Å². The third-order valence-electron chi connectivity index (χ3n) is 6.41. The average molecular weight is 386 g/mol. The molecule has 0 saturated carbocycles. The number of rotatable bonds is 0. The van der Waals surface area contributed by atoms with E-state index < -0.39 is 14.2 Å². The molecule has 0 radical (unpaired) electrons. The van der Waals surface area contributed by atoms with E-state index in [2.05, 4.69) is 18.2 Å². The molecule has 4 aliphatic rings. The van der Waals surface area contributed by atoms with Crippen molar-refractivity contribution in [2.24, 2.45) is 0 Å². The molecule has 0 saturated heterocycles. The number of fused-ring (bicyclic) bond motifs is 4. The Morgan fingerprint density at radius 3 is 1.47 bits per heavy atom. The SMILES string of the molecule is c1ccc2c(c1)OB1Oc3cccc4c3-c3c1c-2cc1c3B(Oc2ccccc2-1)O4. The van der Waals surface area contributed by atoms with Gasteiger partial charge in [-0.1, -0.05) is 42.5 Å². The third-order valence-corrected chi connectivity index (χ3v) is 6.41. The van der Waals surface area contributed by atoms with Crippen molar-refractivity contribution in [2.75, 3.05) is 0 Å². The maximum atomic E-state index is 6.32. The van der Waals surface area contributed by atoms with Crippen LogP contribution in [0.2, 0.25) is 0 Å². The quantitative estimate of drug-likeness (QED) is 0.433. The maximum absolute atomic E-state index is 6.32. The topological polar surface area (TPSA) is 36.9 Å². The molecule has 0 N–H and O–H groups in total. The molecular weight excluding hydrogens is 374 g/mol. The highest BCUT2D eigenvalue weighted by Gasteiger charge is 2.51. The molecule has 4 aliphatic heterocycles. The molecule has 0 atom stereocenters. The Labute approximate surface area is 173 Å². The average Bonchev–Trinajstić information content (AvgIpc) is 2.79. The van der Waals surface area contributed by atoms with Gasteiger partial charge in [-0.05, 0) is 47.0 Å². The van der Waals surface area contributed by atoms with E-state index in [-0.39, 0.29) is 0 Å². The van der Waals surface area contributed by atoms with Crippen LogP contribution in [0.5, 0.6) is 23.0 Å². The van der Waals surface area contributed by atoms with Crippen LogP contribution in [-0.4, -0.2) is 14.2 Å². The highest BCUT2D eigenvalue weighted by atomic mass is 16.6. The summed E-state index contributed by atoms with van der Waals surface area (Å²) in [7, 11) is -0.984. The molecule has 4 heterocycles. The van der Waals surface area contributed by atoms with E-state index in [1.807, 2.05) is 54.6 Å². The number of benzene rings is 4. The summed E-state index contributed by atoms with van der Waals surface area (Å²) in [5.41, 5.74) is 8.70. The van der Waals surface area contributed by atoms with E-state index in [1.165, 1.54) is 0 Å². The monoisotopic (exact) mass is 386 g/mol. The van der Waals surface area contributed by atoms with Gasteiger partial charge in [0, 0.05) is 22.1 Å². The van der Waals surface area contributed by atoms with Gasteiger partial charge in [0.15, 0.2) is 0 Å². The van der Waals surface area contributed by atoms with E-state index >= 15 is 0 Å². The molecule has 0 bridgehead atoms. The van der Waals surface area contributed by atoms with Gasteiger partial charge in [-0.25, -0.2) is 0 Å². The van der Waals surface area contributed by atoms with Crippen LogP contribution in [0.25, 0.3) is 33.4 Å². The van der Waals surface area contributed by atoms with Crippen LogP contribution in [0, 0.1) is 0 Å². The Balaban J connectivity index is 1.58. The Morgan fingerprint density at radius 1 is 0.433 bits per heavy atom. The van der Waals surface area contributed by atoms with Crippen LogP contribution < -0.4 is 29.5 Å². The van der Waals surface area contributed by atoms with Crippen LogP contribution in [0.1, 0.15) is 0 Å². The van der Waals surface area contributed by atoms with Crippen molar-refractivity contribution in [3.8, 4) is 56.4 Å². The predicted octanol–water partition coefficient (Wildman–Crippen LogP) is 3.65. The normalized spacial score (nSPS) is 14.9. The first-order valence-corrected chi connectivity index (χ1v) is 10.1. The molecular formula is C24H12B2O4. The van der Waals surface area contributed by atoms with E-state index in [0.29, 0.717) is 0 Å². The second-order valence-electron chi connectivity index (χ2n) is 7.93. The van der Waals surface area contributed by atoms with Gasteiger partial charge in [0.1, 0.15) is 23.0 Å². The van der Waals surface area contributed by atoms with Gasteiger partial charge >= 0.3 is 14.2 Å². The van der Waals surface area contributed by atoms with Crippen molar-refractivity contribution in [1.29, 1.82) is 0 Å². The Kier molecular flexibility index (Phi) is 2.53. The van der Waals surface area contributed by atoms with Crippen LogP contribution in [0.15, 0.2) is 72.8 Å². The summed E-state index contributed by atoms with van der Waals surface area (Å²) in [4.78, 5) is 0. The number of hydrogen-bond donors (Lipinski definition) is 0. The number of para-hydroxylation sites is 2. The lowest BCUT2D eigenvalue weighted by Gasteiger charge is -2.39. The Bertz CT molecular complexity index is 1330. The minimum Gasteiger partial charge on any atom is -0.521 e. The lowest BCUT2D eigenvalue weighted by atomic mass is 9.57. The van der Waals surface area contributed by atoms with Crippen molar-refractivity contribution < 1.29 is 18.6 Å². The molecule has 0 amide bonds. The molecule has 0 unspecified atom stereocenters. The van der Waals surface area contributed by atoms with Gasteiger partial charge in [-0.15, -0.1) is 0 Å². The second kappa shape index (κ2) is 5.03. The summed E-state index contributed by atoms with van der Waals surface area (Å²) < 4.78 is 25.3.